The summed E-state index contributed by atoms with van der Waals surface area (Å²) in [5.41, 5.74) is 3.85. The molecule has 0 atom stereocenters. The highest BCUT2D eigenvalue weighted by molar-refractivity contribution is 5.92. The van der Waals surface area contributed by atoms with Gasteiger partial charge in [-0.25, -0.2) is 4.79 Å². The number of hydrogen-bond donors (Lipinski definition) is 1. The van der Waals surface area contributed by atoms with Crippen molar-refractivity contribution < 1.29 is 14.3 Å². The molecule has 1 aromatic carbocycles. The lowest BCUT2D eigenvalue weighted by molar-refractivity contribution is -0.115. The predicted molar refractivity (Wildman–Crippen MR) is 109 cm³/mol. The number of carbonyl (C=O) groups excluding carboxylic acids is 2. The summed E-state index contributed by atoms with van der Waals surface area (Å²) in [5.74, 6) is -0.100. The van der Waals surface area contributed by atoms with E-state index >= 15 is 0 Å². The van der Waals surface area contributed by atoms with Crippen molar-refractivity contribution in [3.8, 4) is 0 Å². The number of nitrogens with one attached hydrogen (secondary N) is 1. The van der Waals surface area contributed by atoms with Crippen LogP contribution < -0.4 is 5.32 Å². The summed E-state index contributed by atoms with van der Waals surface area (Å²) in [6, 6.07) is 7.46. The number of aromatic nitrogens is 2. The second-order valence-corrected chi connectivity index (χ2v) is 8.03. The van der Waals surface area contributed by atoms with Crippen LogP contribution in [0.4, 0.5) is 10.5 Å². The maximum absolute atomic E-state index is 12.5. The molecule has 0 aliphatic heterocycles. The average Bonchev–Trinajstić information content (AvgIpc) is 2.80. The number of rotatable bonds is 5. The molecule has 2 aromatic rings. The number of anilines is 1. The lowest BCUT2D eigenvalue weighted by Crippen LogP contribution is -2.33. The van der Waals surface area contributed by atoms with Crippen LogP contribution in [0.1, 0.15) is 43.3 Å². The molecular formula is C21H30N4O3. The van der Waals surface area contributed by atoms with Crippen LogP contribution in [0.3, 0.4) is 0 Å². The van der Waals surface area contributed by atoms with Crippen LogP contribution in [0.15, 0.2) is 24.3 Å². The Morgan fingerprint density at radius 1 is 1.25 bits per heavy atom. The molecule has 0 spiro atoms. The third kappa shape index (κ3) is 5.84. The summed E-state index contributed by atoms with van der Waals surface area (Å²) in [7, 11) is 3.56. The van der Waals surface area contributed by atoms with Gasteiger partial charge in [-0.1, -0.05) is 12.1 Å². The van der Waals surface area contributed by atoms with Crippen molar-refractivity contribution in [1.29, 1.82) is 0 Å². The van der Waals surface area contributed by atoms with Crippen LogP contribution in [0, 0.1) is 13.8 Å². The Balaban J connectivity index is 2.00. The molecular weight excluding hydrogens is 356 g/mol. The lowest BCUT2D eigenvalue weighted by atomic mass is 10.1. The number of carbonyl (C=O) groups is 2. The van der Waals surface area contributed by atoms with Crippen LogP contribution in [-0.4, -0.2) is 39.3 Å². The summed E-state index contributed by atoms with van der Waals surface area (Å²) < 4.78 is 7.15. The van der Waals surface area contributed by atoms with Crippen LogP contribution >= 0.6 is 0 Å². The molecule has 0 radical (unpaired) electrons. The lowest BCUT2D eigenvalue weighted by Gasteiger charge is -2.24. The van der Waals surface area contributed by atoms with Gasteiger partial charge in [0.1, 0.15) is 5.60 Å². The molecule has 0 saturated heterocycles. The fraction of sp³-hybridized carbons (Fsp3) is 0.476. The van der Waals surface area contributed by atoms with Crippen molar-refractivity contribution in [2.75, 3.05) is 12.4 Å². The minimum absolute atomic E-state index is 0.100. The van der Waals surface area contributed by atoms with Crippen molar-refractivity contribution in [3.63, 3.8) is 0 Å². The quantitative estimate of drug-likeness (QED) is 0.852. The van der Waals surface area contributed by atoms with Crippen LogP contribution in [-0.2, 0) is 29.5 Å². The monoisotopic (exact) mass is 386 g/mol. The number of benzene rings is 1. The molecule has 1 N–H and O–H groups in total. The van der Waals surface area contributed by atoms with Crippen LogP contribution in [0.25, 0.3) is 0 Å². The zero-order chi connectivity index (χ0) is 21.1. The standard InChI is InChI=1S/C21H30N4O3/c1-14-18(15(2)25(7)23-14)12-19(26)22-17-10-8-9-16(11-17)13-24(6)20(27)28-21(3,4)5/h8-11H,12-13H2,1-7H3,(H,22,26). The Morgan fingerprint density at radius 3 is 2.50 bits per heavy atom. The first-order valence-electron chi connectivity index (χ1n) is 9.28. The Hall–Kier alpha value is -2.83. The number of ether oxygens (including phenoxy) is 1. The van der Waals surface area contributed by atoms with Crippen molar-refractivity contribution in [1.82, 2.24) is 14.7 Å². The molecule has 0 unspecified atom stereocenters. The fourth-order valence-electron chi connectivity index (χ4n) is 2.86. The maximum atomic E-state index is 12.5. The van der Waals surface area contributed by atoms with Crippen molar-refractivity contribution >= 4 is 17.7 Å². The van der Waals surface area contributed by atoms with E-state index in [-0.39, 0.29) is 18.4 Å². The smallest absolute Gasteiger partial charge is 0.410 e. The Labute approximate surface area is 166 Å². The molecule has 0 fully saturated rings. The van der Waals surface area contributed by atoms with Gasteiger partial charge in [-0.2, -0.15) is 5.10 Å². The molecule has 1 heterocycles. The van der Waals surface area contributed by atoms with Crippen molar-refractivity contribution in [2.45, 2.75) is 53.2 Å². The van der Waals surface area contributed by atoms with Gasteiger partial charge in [0.2, 0.25) is 5.91 Å². The Morgan fingerprint density at radius 2 is 1.93 bits per heavy atom. The Bertz CT molecular complexity index is 865. The van der Waals surface area contributed by atoms with Gasteiger partial charge in [0.15, 0.2) is 0 Å². The molecule has 7 nitrogen and oxygen atoms in total. The van der Waals surface area contributed by atoms with E-state index in [4.69, 9.17) is 4.74 Å². The van der Waals surface area contributed by atoms with Gasteiger partial charge in [0.25, 0.3) is 0 Å². The molecule has 2 rings (SSSR count). The van der Waals surface area contributed by atoms with E-state index in [0.29, 0.717) is 12.2 Å². The molecule has 152 valence electrons. The Kier molecular flexibility index (Phi) is 6.48. The molecule has 0 saturated carbocycles. The zero-order valence-electron chi connectivity index (χ0n) is 17.8. The highest BCUT2D eigenvalue weighted by atomic mass is 16.6. The molecule has 1 aromatic heterocycles. The third-order valence-corrected chi connectivity index (χ3v) is 4.33. The van der Waals surface area contributed by atoms with E-state index in [0.717, 1.165) is 22.5 Å². The third-order valence-electron chi connectivity index (χ3n) is 4.33. The van der Waals surface area contributed by atoms with E-state index < -0.39 is 5.60 Å². The number of nitrogens with zero attached hydrogens (tertiary/aromatic N) is 3. The van der Waals surface area contributed by atoms with Crippen LogP contribution in [0.5, 0.6) is 0 Å². The minimum atomic E-state index is -0.538. The first-order chi connectivity index (χ1) is 13.0. The SMILES string of the molecule is Cc1nn(C)c(C)c1CC(=O)Nc1cccc(CN(C)C(=O)OC(C)(C)C)c1. The average molecular weight is 386 g/mol. The molecule has 0 aliphatic carbocycles. The van der Waals surface area contributed by atoms with Crippen molar-refractivity contribution in [3.05, 3.63) is 46.8 Å². The molecule has 2 amide bonds. The summed E-state index contributed by atoms with van der Waals surface area (Å²) in [5, 5.41) is 7.27. The summed E-state index contributed by atoms with van der Waals surface area (Å²) in [6.45, 7) is 9.75. The van der Waals surface area contributed by atoms with Gasteiger partial charge >= 0.3 is 6.09 Å². The van der Waals surface area contributed by atoms with E-state index in [9.17, 15) is 9.59 Å². The molecule has 0 bridgehead atoms. The predicted octanol–water partition coefficient (Wildman–Crippen LogP) is 3.59. The van der Waals surface area contributed by atoms with Gasteiger partial charge in [-0.05, 0) is 52.3 Å². The summed E-state index contributed by atoms with van der Waals surface area (Å²) in [4.78, 5) is 26.1. The number of amides is 2. The van der Waals surface area contributed by atoms with Crippen LogP contribution in [0.2, 0.25) is 0 Å². The second-order valence-electron chi connectivity index (χ2n) is 8.03. The molecule has 0 aliphatic rings. The van der Waals surface area contributed by atoms with Gasteiger partial charge in [-0.15, -0.1) is 0 Å². The summed E-state index contributed by atoms with van der Waals surface area (Å²) >= 11 is 0. The highest BCUT2D eigenvalue weighted by Crippen LogP contribution is 2.17. The normalized spacial score (nSPS) is 11.2. The van der Waals surface area contributed by atoms with E-state index in [1.165, 1.54) is 4.90 Å². The number of aryl methyl sites for hydroxylation is 2. The first kappa shape index (κ1) is 21.5. The van der Waals surface area contributed by atoms with E-state index in [2.05, 4.69) is 10.4 Å². The van der Waals surface area contributed by atoms with Crippen molar-refractivity contribution in [2.24, 2.45) is 7.05 Å². The zero-order valence-corrected chi connectivity index (χ0v) is 17.8. The number of hydrogen-bond acceptors (Lipinski definition) is 4. The largest absolute Gasteiger partial charge is 0.444 e. The van der Waals surface area contributed by atoms with Gasteiger partial charge in [0.05, 0.1) is 12.1 Å². The maximum Gasteiger partial charge on any atom is 0.410 e. The second kappa shape index (κ2) is 8.46. The fourth-order valence-corrected chi connectivity index (χ4v) is 2.86. The van der Waals surface area contributed by atoms with Gasteiger partial charge in [-0.3, -0.25) is 9.48 Å². The molecule has 28 heavy (non-hydrogen) atoms. The van der Waals surface area contributed by atoms with E-state index in [1.807, 2.05) is 65.9 Å². The first-order valence-corrected chi connectivity index (χ1v) is 9.28. The minimum Gasteiger partial charge on any atom is -0.444 e. The highest BCUT2D eigenvalue weighted by Gasteiger charge is 2.20. The topological polar surface area (TPSA) is 76.5 Å². The molecule has 7 heteroatoms. The van der Waals surface area contributed by atoms with E-state index in [1.54, 1.807) is 11.7 Å². The van der Waals surface area contributed by atoms with Gasteiger partial charge in [0, 0.05) is 37.6 Å². The summed E-state index contributed by atoms with van der Waals surface area (Å²) in [6.07, 6.45) is -0.113. The van der Waals surface area contributed by atoms with Gasteiger partial charge < -0.3 is 15.0 Å².